The van der Waals surface area contributed by atoms with Crippen molar-refractivity contribution in [3.63, 3.8) is 0 Å². The minimum absolute atomic E-state index is 0.130. The molecule has 3 aromatic rings. The zero-order valence-corrected chi connectivity index (χ0v) is 13.5. The number of benzene rings is 2. The number of hydrogen-bond donors (Lipinski definition) is 0. The first-order valence-corrected chi connectivity index (χ1v) is 7.46. The van der Waals surface area contributed by atoms with Gasteiger partial charge in [0.05, 0.1) is 4.92 Å². The van der Waals surface area contributed by atoms with E-state index in [1.54, 1.807) is 6.07 Å². The van der Waals surface area contributed by atoms with Gasteiger partial charge in [-0.25, -0.2) is 9.18 Å². The minimum Gasteiger partial charge on any atom is -0.482 e. The number of aryl methyl sites for hydroxylation is 2. The average Bonchev–Trinajstić information content (AvgIpc) is 2.56. The molecule has 0 bridgehead atoms. The van der Waals surface area contributed by atoms with Crippen LogP contribution in [0.5, 0.6) is 5.75 Å². The van der Waals surface area contributed by atoms with Gasteiger partial charge in [-0.3, -0.25) is 10.1 Å². The van der Waals surface area contributed by atoms with E-state index in [0.717, 1.165) is 29.3 Å². The van der Waals surface area contributed by atoms with Gasteiger partial charge in [0.2, 0.25) is 0 Å². The monoisotopic (exact) mass is 343 g/mol. The predicted molar refractivity (Wildman–Crippen MR) is 89.3 cm³/mol. The summed E-state index contributed by atoms with van der Waals surface area (Å²) in [7, 11) is 0. The Labute approximate surface area is 141 Å². The number of rotatable bonds is 4. The molecule has 0 radical (unpaired) electrons. The van der Waals surface area contributed by atoms with Gasteiger partial charge in [-0.15, -0.1) is 0 Å². The first-order valence-electron chi connectivity index (χ1n) is 7.46. The number of nitrogens with zero attached hydrogens (tertiary/aromatic N) is 1. The molecule has 0 atom stereocenters. The van der Waals surface area contributed by atoms with E-state index in [2.05, 4.69) is 0 Å². The number of nitro groups is 1. The highest BCUT2D eigenvalue weighted by Crippen LogP contribution is 2.29. The van der Waals surface area contributed by atoms with E-state index in [1.165, 1.54) is 6.07 Å². The molecular formula is C18H14FNO5. The fraction of sp³-hybridized carbons (Fsp3) is 0.167. The second-order valence-electron chi connectivity index (χ2n) is 5.63. The van der Waals surface area contributed by atoms with Crippen molar-refractivity contribution in [1.29, 1.82) is 0 Å². The lowest BCUT2D eigenvalue weighted by atomic mass is 10.0. The lowest BCUT2D eigenvalue weighted by Crippen LogP contribution is -2.06. The van der Waals surface area contributed by atoms with Crippen LogP contribution in [0.15, 0.2) is 45.6 Å². The van der Waals surface area contributed by atoms with Crippen molar-refractivity contribution in [3.8, 4) is 5.75 Å². The van der Waals surface area contributed by atoms with Gasteiger partial charge in [0, 0.05) is 29.1 Å². The number of nitro benzene ring substituents is 1. The molecule has 0 spiro atoms. The summed E-state index contributed by atoms with van der Waals surface area (Å²) in [6.45, 7) is 3.60. The first kappa shape index (κ1) is 16.6. The third kappa shape index (κ3) is 3.21. The molecule has 0 aliphatic carbocycles. The summed E-state index contributed by atoms with van der Waals surface area (Å²) in [6.07, 6.45) is 0. The molecule has 0 fully saturated rings. The summed E-state index contributed by atoms with van der Waals surface area (Å²) >= 11 is 0. The Morgan fingerprint density at radius 1 is 1.20 bits per heavy atom. The second-order valence-corrected chi connectivity index (χ2v) is 5.63. The fourth-order valence-electron chi connectivity index (χ4n) is 2.55. The summed E-state index contributed by atoms with van der Waals surface area (Å²) < 4.78 is 24.1. The third-order valence-electron chi connectivity index (χ3n) is 4.02. The van der Waals surface area contributed by atoms with Crippen LogP contribution in [0, 0.1) is 29.8 Å². The molecule has 25 heavy (non-hydrogen) atoms. The van der Waals surface area contributed by atoms with Crippen LogP contribution < -0.4 is 10.4 Å². The number of hydrogen-bond acceptors (Lipinski definition) is 5. The summed E-state index contributed by atoms with van der Waals surface area (Å²) in [6, 6.07) is 7.91. The molecule has 0 aliphatic rings. The molecule has 1 aromatic heterocycles. The maximum atomic E-state index is 13.4. The zero-order chi connectivity index (χ0) is 18.1. The molecule has 0 saturated carbocycles. The maximum absolute atomic E-state index is 13.4. The van der Waals surface area contributed by atoms with Crippen molar-refractivity contribution in [3.05, 3.63) is 79.4 Å². The maximum Gasteiger partial charge on any atom is 0.336 e. The van der Waals surface area contributed by atoms with E-state index in [4.69, 9.17) is 9.15 Å². The van der Waals surface area contributed by atoms with Crippen molar-refractivity contribution < 1.29 is 18.5 Å². The van der Waals surface area contributed by atoms with E-state index < -0.39 is 16.4 Å². The minimum atomic E-state index is -0.653. The highest BCUT2D eigenvalue weighted by atomic mass is 19.1. The fourth-order valence-corrected chi connectivity index (χ4v) is 2.55. The Kier molecular flexibility index (Phi) is 4.22. The van der Waals surface area contributed by atoms with Crippen molar-refractivity contribution in [1.82, 2.24) is 0 Å². The topological polar surface area (TPSA) is 82.6 Å². The van der Waals surface area contributed by atoms with E-state index in [0.29, 0.717) is 16.5 Å². The third-order valence-corrected chi connectivity index (χ3v) is 4.02. The van der Waals surface area contributed by atoms with Gasteiger partial charge < -0.3 is 9.15 Å². The van der Waals surface area contributed by atoms with Crippen molar-refractivity contribution in [2.75, 3.05) is 0 Å². The molecule has 0 unspecified atom stereocenters. The number of halogens is 1. The van der Waals surface area contributed by atoms with Crippen molar-refractivity contribution in [2.45, 2.75) is 20.5 Å². The van der Waals surface area contributed by atoms with E-state index in [1.807, 2.05) is 19.9 Å². The van der Waals surface area contributed by atoms with Crippen LogP contribution in [0.2, 0.25) is 0 Å². The summed E-state index contributed by atoms with van der Waals surface area (Å²) in [5.41, 5.74) is 1.85. The van der Waals surface area contributed by atoms with Crippen LogP contribution in [0.25, 0.3) is 11.0 Å². The van der Waals surface area contributed by atoms with Crippen LogP contribution in [0.1, 0.15) is 16.7 Å². The first-order chi connectivity index (χ1) is 11.9. The summed E-state index contributed by atoms with van der Waals surface area (Å²) in [5.74, 6) is -0.847. The number of fused-ring (bicyclic) bond motifs is 1. The number of ether oxygens (including phenoxy) is 1. The van der Waals surface area contributed by atoms with Gasteiger partial charge in [0.15, 0.2) is 5.75 Å². The van der Waals surface area contributed by atoms with Crippen LogP contribution in [-0.2, 0) is 6.61 Å². The average molecular weight is 343 g/mol. The van der Waals surface area contributed by atoms with Crippen molar-refractivity contribution in [2.24, 2.45) is 0 Å². The predicted octanol–water partition coefficient (Wildman–Crippen LogP) is 4.04. The standard InChI is InChI=1S/C18H14FNO5/c1-10-3-5-14-12(7-17(21)25-18(14)11(10)2)9-24-16-8-13(19)4-6-15(16)20(22)23/h3-8H,9H2,1-2H3. The zero-order valence-electron chi connectivity index (χ0n) is 13.5. The SMILES string of the molecule is Cc1ccc2c(COc3cc(F)ccc3[N+](=O)[O-])cc(=O)oc2c1C. The van der Waals surface area contributed by atoms with Gasteiger partial charge in [0.25, 0.3) is 0 Å². The summed E-state index contributed by atoms with van der Waals surface area (Å²) in [4.78, 5) is 22.2. The molecule has 2 aromatic carbocycles. The van der Waals surface area contributed by atoms with Crippen molar-refractivity contribution >= 4 is 16.7 Å². The second kappa shape index (κ2) is 6.35. The van der Waals surface area contributed by atoms with Crippen LogP contribution >= 0.6 is 0 Å². The molecular weight excluding hydrogens is 329 g/mol. The molecule has 128 valence electrons. The van der Waals surface area contributed by atoms with Gasteiger partial charge in [-0.2, -0.15) is 0 Å². The van der Waals surface area contributed by atoms with E-state index >= 15 is 0 Å². The molecule has 6 nitrogen and oxygen atoms in total. The molecule has 1 heterocycles. The molecule has 0 aliphatic heterocycles. The lowest BCUT2D eigenvalue weighted by Gasteiger charge is -2.10. The van der Waals surface area contributed by atoms with Gasteiger partial charge in [0.1, 0.15) is 18.0 Å². The highest BCUT2D eigenvalue weighted by Gasteiger charge is 2.17. The Balaban J connectivity index is 2.03. The quantitative estimate of drug-likeness (QED) is 0.406. The van der Waals surface area contributed by atoms with Crippen LogP contribution in [0.4, 0.5) is 10.1 Å². The lowest BCUT2D eigenvalue weighted by molar-refractivity contribution is -0.386. The molecule has 0 amide bonds. The molecule has 0 N–H and O–H groups in total. The highest BCUT2D eigenvalue weighted by molar-refractivity contribution is 5.83. The molecule has 7 heteroatoms. The summed E-state index contributed by atoms with van der Waals surface area (Å²) in [5, 5.41) is 11.7. The van der Waals surface area contributed by atoms with Crippen LogP contribution in [-0.4, -0.2) is 4.92 Å². The van der Waals surface area contributed by atoms with E-state index in [9.17, 15) is 19.3 Å². The van der Waals surface area contributed by atoms with Gasteiger partial charge in [-0.1, -0.05) is 12.1 Å². The van der Waals surface area contributed by atoms with Crippen LogP contribution in [0.3, 0.4) is 0 Å². The van der Waals surface area contributed by atoms with E-state index in [-0.39, 0.29) is 18.0 Å². The molecule has 0 saturated heterocycles. The molecule has 3 rings (SSSR count). The van der Waals surface area contributed by atoms with Gasteiger partial charge in [-0.05, 0) is 31.0 Å². The Hall–Kier alpha value is -3.22. The normalized spacial score (nSPS) is 10.8. The smallest absolute Gasteiger partial charge is 0.336 e. The Bertz CT molecular complexity index is 1040. The largest absolute Gasteiger partial charge is 0.482 e. The van der Waals surface area contributed by atoms with Gasteiger partial charge >= 0.3 is 11.3 Å². The Morgan fingerprint density at radius 3 is 2.68 bits per heavy atom. The Morgan fingerprint density at radius 2 is 1.96 bits per heavy atom.